The number of carboxylic acids is 1. The van der Waals surface area contributed by atoms with Crippen LogP contribution in [-0.4, -0.2) is 40.0 Å². The molecule has 11 heteroatoms. The number of aromatic hydroxyl groups is 1. The average Bonchev–Trinajstić information content (AvgIpc) is 3.03. The van der Waals surface area contributed by atoms with Gasteiger partial charge in [-0.2, -0.15) is 0 Å². The first-order valence-corrected chi connectivity index (χ1v) is 14.0. The molecule has 0 fully saturated rings. The quantitative estimate of drug-likeness (QED) is 0.0986. The number of ether oxygens (including phenoxy) is 1. The summed E-state index contributed by atoms with van der Waals surface area (Å²) in [5.74, 6) is -2.11. The molecule has 1 aliphatic heterocycles. The number of nitrogens with zero attached hydrogens (tertiary/aromatic N) is 1. The van der Waals surface area contributed by atoms with Gasteiger partial charge < -0.3 is 24.7 Å². The SMILES string of the molecule is COC(=O)c1ccc2cccc(NCc3c(O)ccc4c(-c5cc(C(=O)O)ccc5C(C)=O)c5cc(Cl)c(=O)cc-5oc34)c2n1. The minimum atomic E-state index is -1.19. The van der Waals surface area contributed by atoms with Crippen molar-refractivity contribution in [3.8, 4) is 28.2 Å². The number of Topliss-reactive ketones (excluding diaryl/α,β-unsaturated/α-hetero) is 1. The second kappa shape index (κ2) is 11.4. The summed E-state index contributed by atoms with van der Waals surface area (Å²) >= 11 is 6.24. The molecule has 0 radical (unpaired) electrons. The second-order valence-corrected chi connectivity index (χ2v) is 10.6. The molecule has 45 heavy (non-hydrogen) atoms. The topological polar surface area (TPSA) is 156 Å². The Hall–Kier alpha value is -5.74. The van der Waals surface area contributed by atoms with Crippen LogP contribution in [0.15, 0.2) is 82.0 Å². The number of hydrogen-bond acceptors (Lipinski definition) is 9. The van der Waals surface area contributed by atoms with Gasteiger partial charge in [0.1, 0.15) is 22.8 Å². The number of anilines is 1. The molecule has 0 atom stereocenters. The minimum absolute atomic E-state index is 0.00736. The molecule has 0 saturated carbocycles. The number of ketones is 1. The van der Waals surface area contributed by atoms with Crippen molar-refractivity contribution < 1.29 is 33.8 Å². The third-order valence-corrected chi connectivity index (χ3v) is 7.80. The molecule has 224 valence electrons. The van der Waals surface area contributed by atoms with E-state index in [1.54, 1.807) is 30.3 Å². The number of phenols is 1. The Morgan fingerprint density at radius 2 is 1.80 bits per heavy atom. The van der Waals surface area contributed by atoms with E-state index in [0.717, 1.165) is 5.39 Å². The van der Waals surface area contributed by atoms with Crippen LogP contribution in [0.4, 0.5) is 5.69 Å². The first-order chi connectivity index (χ1) is 21.6. The number of carboxylic acid groups (broad SMARTS) is 1. The summed E-state index contributed by atoms with van der Waals surface area (Å²) in [6.45, 7) is 1.37. The van der Waals surface area contributed by atoms with E-state index in [0.29, 0.717) is 38.8 Å². The summed E-state index contributed by atoms with van der Waals surface area (Å²) in [6.07, 6.45) is 0. The Morgan fingerprint density at radius 3 is 2.53 bits per heavy atom. The molecule has 10 nitrogen and oxygen atoms in total. The van der Waals surface area contributed by atoms with E-state index in [9.17, 15) is 29.4 Å². The predicted octanol–water partition coefficient (Wildman–Crippen LogP) is 6.77. The largest absolute Gasteiger partial charge is 0.507 e. The Labute approximate surface area is 259 Å². The minimum Gasteiger partial charge on any atom is -0.507 e. The lowest BCUT2D eigenvalue weighted by Crippen LogP contribution is -2.07. The standard InChI is InChI=1S/C34H23ClN2O8/c1-16(38)19-8-6-18(33(41)42)12-21(19)30-20-9-11-27(39)23(32(20)45-29-14-28(40)24(35)13-22(29)30)15-36-25-5-3-4-17-7-10-26(34(43)44-2)37-31(17)25/h3-14,36,39H,15H2,1-2H3,(H,41,42). The molecule has 3 aromatic carbocycles. The Kier molecular flexibility index (Phi) is 7.43. The number of carbonyl (C=O) groups is 3. The van der Waals surface area contributed by atoms with Crippen molar-refractivity contribution >= 4 is 56.9 Å². The zero-order valence-electron chi connectivity index (χ0n) is 23.8. The number of rotatable bonds is 7. The van der Waals surface area contributed by atoms with E-state index < -0.39 is 17.4 Å². The first kappa shape index (κ1) is 29.3. The van der Waals surface area contributed by atoms with Gasteiger partial charge in [0.05, 0.1) is 34.5 Å². The molecular weight excluding hydrogens is 600 g/mol. The monoisotopic (exact) mass is 622 g/mol. The van der Waals surface area contributed by atoms with E-state index in [4.69, 9.17) is 20.8 Å². The molecule has 2 heterocycles. The summed E-state index contributed by atoms with van der Waals surface area (Å²) in [5.41, 5.74) is 2.40. The smallest absolute Gasteiger partial charge is 0.356 e. The lowest BCUT2D eigenvalue weighted by atomic mass is 9.88. The predicted molar refractivity (Wildman–Crippen MR) is 169 cm³/mol. The van der Waals surface area contributed by atoms with Crippen molar-refractivity contribution in [2.75, 3.05) is 12.4 Å². The lowest BCUT2D eigenvalue weighted by Gasteiger charge is -2.20. The maximum Gasteiger partial charge on any atom is 0.356 e. The van der Waals surface area contributed by atoms with Crippen LogP contribution in [-0.2, 0) is 11.3 Å². The Balaban J connectivity index is 1.59. The summed E-state index contributed by atoms with van der Waals surface area (Å²) in [6, 6.07) is 18.5. The number of fused-ring (bicyclic) bond motifs is 3. The molecule has 4 aromatic rings. The number of carbonyl (C=O) groups excluding carboxylic acids is 2. The average molecular weight is 623 g/mol. The Morgan fingerprint density at radius 1 is 1.00 bits per heavy atom. The molecule has 6 rings (SSSR count). The first-order valence-electron chi connectivity index (χ1n) is 13.6. The fraction of sp³-hybridized carbons (Fsp3) is 0.0882. The van der Waals surface area contributed by atoms with Crippen LogP contribution in [0.25, 0.3) is 44.3 Å². The van der Waals surface area contributed by atoms with Gasteiger partial charge in [0, 0.05) is 40.1 Å². The second-order valence-electron chi connectivity index (χ2n) is 10.2. The van der Waals surface area contributed by atoms with Gasteiger partial charge in [0.25, 0.3) is 0 Å². The normalized spacial score (nSPS) is 11.2. The molecular formula is C34H23ClN2O8. The van der Waals surface area contributed by atoms with Crippen molar-refractivity contribution in [2.45, 2.75) is 13.5 Å². The van der Waals surface area contributed by atoms with Gasteiger partial charge in [-0.15, -0.1) is 0 Å². The van der Waals surface area contributed by atoms with E-state index in [1.807, 2.05) is 6.07 Å². The summed E-state index contributed by atoms with van der Waals surface area (Å²) in [5, 5.41) is 25.1. The molecule has 2 aliphatic rings. The van der Waals surface area contributed by atoms with E-state index in [-0.39, 0.29) is 51.3 Å². The fourth-order valence-electron chi connectivity index (χ4n) is 5.34. The van der Waals surface area contributed by atoms with Crippen molar-refractivity contribution in [3.05, 3.63) is 110 Å². The number of para-hydroxylation sites is 1. The number of esters is 1. The number of methoxy groups -OCH3 is 1. The van der Waals surface area contributed by atoms with Gasteiger partial charge in [-0.1, -0.05) is 29.8 Å². The summed E-state index contributed by atoms with van der Waals surface area (Å²) < 4.78 is 11.0. The third-order valence-electron chi connectivity index (χ3n) is 7.51. The van der Waals surface area contributed by atoms with Crippen molar-refractivity contribution in [1.82, 2.24) is 4.98 Å². The van der Waals surface area contributed by atoms with Crippen LogP contribution in [0.1, 0.15) is 43.7 Å². The van der Waals surface area contributed by atoms with Gasteiger partial charge in [0.15, 0.2) is 5.78 Å². The summed E-state index contributed by atoms with van der Waals surface area (Å²) in [4.78, 5) is 53.9. The fourth-order valence-corrected chi connectivity index (χ4v) is 5.51. The molecule has 0 bridgehead atoms. The molecule has 0 amide bonds. The number of halogens is 1. The van der Waals surface area contributed by atoms with Crippen LogP contribution in [0.3, 0.4) is 0 Å². The molecule has 0 unspecified atom stereocenters. The zero-order valence-corrected chi connectivity index (χ0v) is 24.6. The molecule has 3 N–H and O–H groups in total. The van der Waals surface area contributed by atoms with Crippen LogP contribution in [0.5, 0.6) is 5.75 Å². The number of hydrogen-bond donors (Lipinski definition) is 3. The maximum absolute atomic E-state index is 12.8. The van der Waals surface area contributed by atoms with Gasteiger partial charge in [-0.3, -0.25) is 9.59 Å². The van der Waals surface area contributed by atoms with Gasteiger partial charge in [-0.25, -0.2) is 14.6 Å². The maximum atomic E-state index is 12.8. The third kappa shape index (κ3) is 5.21. The Bertz CT molecular complexity index is 2240. The van der Waals surface area contributed by atoms with Crippen molar-refractivity contribution in [1.29, 1.82) is 0 Å². The van der Waals surface area contributed by atoms with Gasteiger partial charge in [0.2, 0.25) is 5.43 Å². The van der Waals surface area contributed by atoms with E-state index in [1.165, 1.54) is 50.4 Å². The number of benzene rings is 4. The molecule has 1 aromatic heterocycles. The highest BCUT2D eigenvalue weighted by atomic mass is 35.5. The van der Waals surface area contributed by atoms with Gasteiger partial charge >= 0.3 is 11.9 Å². The molecule has 0 spiro atoms. The van der Waals surface area contributed by atoms with E-state index >= 15 is 0 Å². The van der Waals surface area contributed by atoms with Crippen LogP contribution < -0.4 is 10.7 Å². The van der Waals surface area contributed by atoms with Crippen molar-refractivity contribution in [3.63, 3.8) is 0 Å². The van der Waals surface area contributed by atoms with Crippen LogP contribution in [0, 0.1) is 0 Å². The highest BCUT2D eigenvalue weighted by Gasteiger charge is 2.25. The highest BCUT2D eigenvalue weighted by Crippen LogP contribution is 2.44. The van der Waals surface area contributed by atoms with Crippen molar-refractivity contribution in [2.24, 2.45) is 0 Å². The highest BCUT2D eigenvalue weighted by molar-refractivity contribution is 6.31. The number of pyridine rings is 1. The van der Waals surface area contributed by atoms with Crippen LogP contribution in [0.2, 0.25) is 5.02 Å². The number of nitrogens with one attached hydrogen (secondary N) is 1. The molecule has 1 aliphatic carbocycles. The van der Waals surface area contributed by atoms with E-state index in [2.05, 4.69) is 10.3 Å². The number of phenolic OH excluding ortho intramolecular Hbond substituents is 1. The number of aromatic carboxylic acids is 1. The summed E-state index contributed by atoms with van der Waals surface area (Å²) in [7, 11) is 1.27. The van der Waals surface area contributed by atoms with Crippen LogP contribution >= 0.6 is 11.6 Å². The molecule has 0 saturated heterocycles. The number of aromatic nitrogens is 1. The van der Waals surface area contributed by atoms with Gasteiger partial charge in [-0.05, 0) is 61.0 Å². The lowest BCUT2D eigenvalue weighted by molar-refractivity contribution is 0.0593. The zero-order chi connectivity index (χ0) is 32.0.